The number of ether oxygens (including phenoxy) is 2. The van der Waals surface area contributed by atoms with Crippen LogP contribution in [-0.4, -0.2) is 24.7 Å². The van der Waals surface area contributed by atoms with Crippen molar-refractivity contribution < 1.29 is 56.2 Å². The summed E-state index contributed by atoms with van der Waals surface area (Å²) < 4.78 is 44.2. The molecule has 5 nitrogen and oxygen atoms in total. The second-order valence-electron chi connectivity index (χ2n) is 3.67. The Morgan fingerprint density at radius 1 is 1.32 bits per heavy atom. The van der Waals surface area contributed by atoms with E-state index in [9.17, 15) is 27.9 Å². The number of carbonyl (C=O) groups is 2. The van der Waals surface area contributed by atoms with Gasteiger partial charge in [0.15, 0.2) is 0 Å². The SMILES string of the molecule is CCOC(=O)C(=O)C=C([O-])c1cccc(OC(F)(F)F)c1.[Li+]. The predicted molar refractivity (Wildman–Crippen MR) is 62.7 cm³/mol. The quantitative estimate of drug-likeness (QED) is 0.216. The van der Waals surface area contributed by atoms with E-state index in [0.29, 0.717) is 6.08 Å². The van der Waals surface area contributed by atoms with Crippen LogP contribution in [-0.2, 0) is 14.3 Å². The number of hydrogen-bond acceptors (Lipinski definition) is 5. The number of alkyl halides is 3. The average molecular weight is 310 g/mol. The van der Waals surface area contributed by atoms with Gasteiger partial charge in [0.05, 0.1) is 6.61 Å². The molecule has 0 amide bonds. The minimum Gasteiger partial charge on any atom is -0.872 e. The largest absolute Gasteiger partial charge is 1.00 e. The summed E-state index contributed by atoms with van der Waals surface area (Å²) in [6.07, 6.45) is -4.45. The molecule has 0 spiro atoms. The maximum absolute atomic E-state index is 12.0. The first-order valence-electron chi connectivity index (χ1n) is 5.69. The molecule has 0 aliphatic carbocycles. The molecule has 0 saturated carbocycles. The van der Waals surface area contributed by atoms with Gasteiger partial charge in [-0.2, -0.15) is 0 Å². The molecular formula is C13H10F3LiO5. The Hall–Kier alpha value is -1.91. The van der Waals surface area contributed by atoms with E-state index in [1.807, 2.05) is 0 Å². The third-order valence-corrected chi connectivity index (χ3v) is 2.09. The summed E-state index contributed by atoms with van der Waals surface area (Å²) in [7, 11) is 0. The van der Waals surface area contributed by atoms with Crippen molar-refractivity contribution in [3.05, 3.63) is 35.9 Å². The van der Waals surface area contributed by atoms with Crippen molar-refractivity contribution >= 4 is 17.5 Å². The maximum Gasteiger partial charge on any atom is 1.00 e. The van der Waals surface area contributed by atoms with Crippen LogP contribution in [0.25, 0.3) is 5.76 Å². The van der Waals surface area contributed by atoms with Crippen molar-refractivity contribution in [2.24, 2.45) is 0 Å². The second-order valence-corrected chi connectivity index (χ2v) is 3.67. The van der Waals surface area contributed by atoms with E-state index in [2.05, 4.69) is 9.47 Å². The van der Waals surface area contributed by atoms with Crippen LogP contribution in [0.3, 0.4) is 0 Å². The summed E-state index contributed by atoms with van der Waals surface area (Å²) in [6, 6.07) is 4.14. The fourth-order valence-electron chi connectivity index (χ4n) is 1.31. The molecule has 0 fully saturated rings. The number of halogens is 3. The van der Waals surface area contributed by atoms with Crippen molar-refractivity contribution in [3.63, 3.8) is 0 Å². The Balaban J connectivity index is 0.00000441. The Morgan fingerprint density at radius 3 is 2.50 bits per heavy atom. The molecule has 22 heavy (non-hydrogen) atoms. The Bertz CT molecular complexity index is 569. The van der Waals surface area contributed by atoms with Gasteiger partial charge in [-0.25, -0.2) is 4.79 Å². The predicted octanol–water partition coefficient (Wildman–Crippen LogP) is -1.58. The molecule has 0 heterocycles. The zero-order chi connectivity index (χ0) is 16.0. The molecule has 0 N–H and O–H groups in total. The molecular weight excluding hydrogens is 300 g/mol. The Kier molecular flexibility index (Phi) is 7.77. The fourth-order valence-corrected chi connectivity index (χ4v) is 1.31. The van der Waals surface area contributed by atoms with Gasteiger partial charge in [0.2, 0.25) is 0 Å². The van der Waals surface area contributed by atoms with Gasteiger partial charge in [-0.1, -0.05) is 17.9 Å². The van der Waals surface area contributed by atoms with Gasteiger partial charge in [-0.05, 0) is 30.7 Å². The van der Waals surface area contributed by atoms with E-state index in [1.165, 1.54) is 13.0 Å². The minimum absolute atomic E-state index is 0. The van der Waals surface area contributed by atoms with Gasteiger partial charge in [-0.15, -0.1) is 13.2 Å². The van der Waals surface area contributed by atoms with Crippen LogP contribution in [0.1, 0.15) is 12.5 Å². The van der Waals surface area contributed by atoms with Gasteiger partial charge in [0.1, 0.15) is 5.75 Å². The second kappa shape index (κ2) is 8.51. The van der Waals surface area contributed by atoms with Crippen molar-refractivity contribution in [2.45, 2.75) is 13.3 Å². The van der Waals surface area contributed by atoms with Crippen LogP contribution in [0.15, 0.2) is 30.3 Å². The summed E-state index contributed by atoms with van der Waals surface area (Å²) >= 11 is 0. The van der Waals surface area contributed by atoms with Gasteiger partial charge >= 0.3 is 31.2 Å². The molecule has 9 heteroatoms. The normalized spacial score (nSPS) is 11.4. The first-order chi connectivity index (χ1) is 9.73. The molecule has 0 aromatic heterocycles. The van der Waals surface area contributed by atoms with Crippen LogP contribution >= 0.6 is 0 Å². The first-order valence-corrected chi connectivity index (χ1v) is 5.69. The monoisotopic (exact) mass is 310 g/mol. The summed E-state index contributed by atoms with van der Waals surface area (Å²) in [5.41, 5.74) is -0.227. The Morgan fingerprint density at radius 2 is 1.95 bits per heavy atom. The minimum atomic E-state index is -4.90. The standard InChI is InChI=1S/C13H11F3O5.Li/c1-2-20-12(19)11(18)7-10(17)8-4-3-5-9(6-8)21-13(14,15)16;/h3-7,17H,2H2,1H3;/q;+1/p-1. The molecule has 0 aliphatic rings. The van der Waals surface area contributed by atoms with Crippen LogP contribution < -0.4 is 28.7 Å². The van der Waals surface area contributed by atoms with Crippen LogP contribution in [0.4, 0.5) is 13.2 Å². The third-order valence-electron chi connectivity index (χ3n) is 2.09. The van der Waals surface area contributed by atoms with Crippen LogP contribution in [0.5, 0.6) is 5.75 Å². The van der Waals surface area contributed by atoms with E-state index >= 15 is 0 Å². The molecule has 0 radical (unpaired) electrons. The molecule has 0 unspecified atom stereocenters. The number of esters is 1. The van der Waals surface area contributed by atoms with Gasteiger partial charge in [0, 0.05) is 0 Å². The van der Waals surface area contributed by atoms with E-state index in [-0.39, 0.29) is 31.0 Å². The molecule has 1 aromatic carbocycles. The molecule has 1 aromatic rings. The summed E-state index contributed by atoms with van der Waals surface area (Å²) in [6.45, 7) is 1.44. The Labute approximate surface area is 135 Å². The van der Waals surface area contributed by atoms with Crippen LogP contribution in [0.2, 0.25) is 0 Å². The van der Waals surface area contributed by atoms with Crippen molar-refractivity contribution in [3.8, 4) is 5.75 Å². The maximum atomic E-state index is 12.0. The average Bonchev–Trinajstić information content (AvgIpc) is 2.37. The smallest absolute Gasteiger partial charge is 0.872 e. The van der Waals surface area contributed by atoms with E-state index in [1.54, 1.807) is 0 Å². The van der Waals surface area contributed by atoms with Crippen molar-refractivity contribution in [1.29, 1.82) is 0 Å². The third kappa shape index (κ3) is 6.69. The first kappa shape index (κ1) is 20.1. The number of carbonyl (C=O) groups excluding carboxylic acids is 2. The summed E-state index contributed by atoms with van der Waals surface area (Å²) in [4.78, 5) is 22.3. The molecule has 0 bridgehead atoms. The zero-order valence-corrected chi connectivity index (χ0v) is 11.8. The van der Waals surface area contributed by atoms with E-state index in [4.69, 9.17) is 0 Å². The molecule has 0 saturated heterocycles. The number of hydrogen-bond donors (Lipinski definition) is 0. The van der Waals surface area contributed by atoms with E-state index < -0.39 is 29.6 Å². The van der Waals surface area contributed by atoms with Crippen LogP contribution in [0, 0.1) is 0 Å². The van der Waals surface area contributed by atoms with E-state index in [0.717, 1.165) is 18.2 Å². The van der Waals surface area contributed by atoms with Gasteiger partial charge < -0.3 is 14.6 Å². The fraction of sp³-hybridized carbons (Fsp3) is 0.231. The molecule has 1 rings (SSSR count). The summed E-state index contributed by atoms with van der Waals surface area (Å²) in [5, 5.41) is 11.7. The van der Waals surface area contributed by atoms with Gasteiger partial charge in [0.25, 0.3) is 5.78 Å². The summed E-state index contributed by atoms with van der Waals surface area (Å²) in [5.74, 6) is -3.94. The van der Waals surface area contributed by atoms with Crippen molar-refractivity contribution in [2.75, 3.05) is 6.61 Å². The van der Waals surface area contributed by atoms with Gasteiger partial charge in [-0.3, -0.25) is 4.79 Å². The molecule has 0 aliphatic heterocycles. The topological polar surface area (TPSA) is 75.7 Å². The zero-order valence-electron chi connectivity index (χ0n) is 11.8. The number of benzene rings is 1. The number of rotatable bonds is 5. The molecule has 114 valence electrons. The number of ketones is 1. The van der Waals surface area contributed by atoms with Crippen molar-refractivity contribution in [1.82, 2.24) is 0 Å². The molecule has 0 atom stereocenters.